The van der Waals surface area contributed by atoms with Crippen molar-refractivity contribution in [1.82, 2.24) is 0 Å². The first-order valence-electron chi connectivity index (χ1n) is 6.28. The molecule has 17 heavy (non-hydrogen) atoms. The summed E-state index contributed by atoms with van der Waals surface area (Å²) in [6.45, 7) is 10.7. The van der Waals surface area contributed by atoms with Crippen LogP contribution in [0.15, 0.2) is 18.2 Å². The Balaban J connectivity index is 3.33. The molecule has 0 spiro atoms. The van der Waals surface area contributed by atoms with Gasteiger partial charge in [-0.15, -0.1) is 0 Å². The second kappa shape index (κ2) is 5.85. The molecule has 0 aliphatic rings. The van der Waals surface area contributed by atoms with Crippen molar-refractivity contribution in [3.63, 3.8) is 0 Å². The molecule has 0 bridgehead atoms. The molecule has 1 aromatic carbocycles. The first kappa shape index (κ1) is 13.8. The van der Waals surface area contributed by atoms with Crippen molar-refractivity contribution in [1.29, 1.82) is 0 Å². The molecule has 0 atom stereocenters. The molecular formula is C15H22O2. The van der Waals surface area contributed by atoms with E-state index >= 15 is 0 Å². The minimum atomic E-state index is -0.194. The van der Waals surface area contributed by atoms with E-state index in [9.17, 15) is 4.79 Å². The van der Waals surface area contributed by atoms with Gasteiger partial charge in [0.15, 0.2) is 0 Å². The summed E-state index contributed by atoms with van der Waals surface area (Å²) >= 11 is 0. The first-order chi connectivity index (χ1) is 7.99. The summed E-state index contributed by atoms with van der Waals surface area (Å²) in [5.74, 6) is 0.460. The molecule has 0 saturated carbocycles. The lowest BCUT2D eigenvalue weighted by Crippen LogP contribution is -2.13. The number of ether oxygens (including phenoxy) is 1. The Hall–Kier alpha value is -1.31. The fourth-order valence-electron chi connectivity index (χ4n) is 1.99. The molecule has 2 nitrogen and oxygen atoms in total. The molecule has 0 amide bonds. The predicted octanol–water partition coefficient (Wildman–Crippen LogP) is 4.11. The van der Waals surface area contributed by atoms with E-state index in [1.165, 1.54) is 0 Å². The lowest BCUT2D eigenvalue weighted by atomic mass is 9.89. The number of rotatable bonds is 4. The zero-order chi connectivity index (χ0) is 13.0. The molecule has 0 fully saturated rings. The number of carbonyl (C=O) groups is 1. The normalized spacial score (nSPS) is 11.0. The smallest absolute Gasteiger partial charge is 0.338 e. The van der Waals surface area contributed by atoms with Gasteiger partial charge in [0.05, 0.1) is 12.2 Å². The molecule has 0 heterocycles. The van der Waals surface area contributed by atoms with Crippen molar-refractivity contribution < 1.29 is 9.53 Å². The van der Waals surface area contributed by atoms with E-state index in [0.29, 0.717) is 18.4 Å². The van der Waals surface area contributed by atoms with Crippen molar-refractivity contribution in [2.24, 2.45) is 0 Å². The van der Waals surface area contributed by atoms with E-state index in [0.717, 1.165) is 16.7 Å². The van der Waals surface area contributed by atoms with Gasteiger partial charge in [-0.05, 0) is 29.9 Å². The molecular weight excluding hydrogens is 212 g/mol. The highest BCUT2D eigenvalue weighted by Gasteiger charge is 2.20. The van der Waals surface area contributed by atoms with Crippen LogP contribution in [0.5, 0.6) is 0 Å². The van der Waals surface area contributed by atoms with Gasteiger partial charge in [0.25, 0.3) is 0 Å². The second-order valence-corrected chi connectivity index (χ2v) is 4.84. The van der Waals surface area contributed by atoms with Gasteiger partial charge >= 0.3 is 5.97 Å². The van der Waals surface area contributed by atoms with Crippen LogP contribution < -0.4 is 0 Å². The van der Waals surface area contributed by atoms with Crippen LogP contribution in [0.25, 0.3) is 0 Å². The average Bonchev–Trinajstić information content (AvgIpc) is 2.28. The van der Waals surface area contributed by atoms with Crippen molar-refractivity contribution in [2.75, 3.05) is 6.61 Å². The lowest BCUT2D eigenvalue weighted by molar-refractivity contribution is 0.0523. The van der Waals surface area contributed by atoms with Crippen LogP contribution >= 0.6 is 0 Å². The summed E-state index contributed by atoms with van der Waals surface area (Å²) in [5, 5.41) is 0. The van der Waals surface area contributed by atoms with Gasteiger partial charge in [-0.25, -0.2) is 4.79 Å². The number of carbonyl (C=O) groups excluding carboxylic acids is 1. The standard InChI is InChI=1S/C15H22O2/c1-6-17-15(16)14-12(10(2)3)8-7-9-13(14)11(4)5/h7-11H,6H2,1-5H3. The molecule has 1 aromatic rings. The van der Waals surface area contributed by atoms with E-state index in [4.69, 9.17) is 4.74 Å². The van der Waals surface area contributed by atoms with Gasteiger partial charge in [0.1, 0.15) is 0 Å². The van der Waals surface area contributed by atoms with Gasteiger partial charge in [0, 0.05) is 0 Å². The topological polar surface area (TPSA) is 26.3 Å². The summed E-state index contributed by atoms with van der Waals surface area (Å²) in [6, 6.07) is 6.05. The zero-order valence-corrected chi connectivity index (χ0v) is 11.4. The third kappa shape index (κ3) is 3.09. The van der Waals surface area contributed by atoms with Crippen LogP contribution in [-0.2, 0) is 4.74 Å². The predicted molar refractivity (Wildman–Crippen MR) is 70.6 cm³/mol. The Labute approximate surface area is 104 Å². The highest BCUT2D eigenvalue weighted by atomic mass is 16.5. The molecule has 0 radical (unpaired) electrons. The third-order valence-corrected chi connectivity index (χ3v) is 2.85. The molecule has 2 heteroatoms. The van der Waals surface area contributed by atoms with Crippen LogP contribution in [0.1, 0.15) is 67.9 Å². The monoisotopic (exact) mass is 234 g/mol. The summed E-state index contributed by atoms with van der Waals surface area (Å²) in [7, 11) is 0. The molecule has 94 valence electrons. The Morgan fingerprint density at radius 3 is 1.94 bits per heavy atom. The SMILES string of the molecule is CCOC(=O)c1c(C(C)C)cccc1C(C)C. The largest absolute Gasteiger partial charge is 0.462 e. The van der Waals surface area contributed by atoms with Gasteiger partial charge in [-0.1, -0.05) is 45.9 Å². The van der Waals surface area contributed by atoms with Crippen molar-refractivity contribution in [3.8, 4) is 0 Å². The van der Waals surface area contributed by atoms with Crippen LogP contribution in [0.3, 0.4) is 0 Å². The first-order valence-corrected chi connectivity index (χ1v) is 6.28. The van der Waals surface area contributed by atoms with E-state index in [-0.39, 0.29) is 5.97 Å². The van der Waals surface area contributed by atoms with Gasteiger partial charge in [0.2, 0.25) is 0 Å². The number of benzene rings is 1. The fraction of sp³-hybridized carbons (Fsp3) is 0.533. The quantitative estimate of drug-likeness (QED) is 0.733. The Morgan fingerprint density at radius 1 is 1.12 bits per heavy atom. The van der Waals surface area contributed by atoms with Crippen LogP contribution in [-0.4, -0.2) is 12.6 Å². The number of hydrogen-bond donors (Lipinski definition) is 0. The molecule has 0 saturated heterocycles. The zero-order valence-electron chi connectivity index (χ0n) is 11.4. The molecule has 0 aliphatic heterocycles. The highest BCUT2D eigenvalue weighted by Crippen LogP contribution is 2.28. The third-order valence-electron chi connectivity index (χ3n) is 2.85. The molecule has 1 rings (SSSR count). The minimum absolute atomic E-state index is 0.194. The maximum atomic E-state index is 12.1. The average molecular weight is 234 g/mol. The van der Waals surface area contributed by atoms with Crippen molar-refractivity contribution in [2.45, 2.75) is 46.5 Å². The summed E-state index contributed by atoms with van der Waals surface area (Å²) < 4.78 is 5.17. The lowest BCUT2D eigenvalue weighted by Gasteiger charge is -2.18. The Morgan fingerprint density at radius 2 is 1.59 bits per heavy atom. The van der Waals surface area contributed by atoms with Crippen molar-refractivity contribution >= 4 is 5.97 Å². The minimum Gasteiger partial charge on any atom is -0.462 e. The van der Waals surface area contributed by atoms with Crippen LogP contribution in [0.2, 0.25) is 0 Å². The maximum absolute atomic E-state index is 12.1. The molecule has 0 aliphatic carbocycles. The molecule has 0 aromatic heterocycles. The van der Waals surface area contributed by atoms with E-state index in [1.807, 2.05) is 25.1 Å². The van der Waals surface area contributed by atoms with Crippen LogP contribution in [0, 0.1) is 0 Å². The van der Waals surface area contributed by atoms with E-state index in [2.05, 4.69) is 27.7 Å². The van der Waals surface area contributed by atoms with Gasteiger partial charge in [-0.2, -0.15) is 0 Å². The van der Waals surface area contributed by atoms with E-state index in [1.54, 1.807) is 0 Å². The Kier molecular flexibility index (Phi) is 4.73. The van der Waals surface area contributed by atoms with Gasteiger partial charge < -0.3 is 4.74 Å². The Bertz CT molecular complexity index is 366. The number of hydrogen-bond acceptors (Lipinski definition) is 2. The fourth-order valence-corrected chi connectivity index (χ4v) is 1.99. The summed E-state index contributed by atoms with van der Waals surface area (Å²) in [6.07, 6.45) is 0. The van der Waals surface area contributed by atoms with E-state index < -0.39 is 0 Å². The second-order valence-electron chi connectivity index (χ2n) is 4.84. The maximum Gasteiger partial charge on any atom is 0.338 e. The highest BCUT2D eigenvalue weighted by molar-refractivity contribution is 5.93. The van der Waals surface area contributed by atoms with Crippen LogP contribution in [0.4, 0.5) is 0 Å². The molecule has 0 N–H and O–H groups in total. The number of esters is 1. The summed E-state index contributed by atoms with van der Waals surface area (Å²) in [4.78, 5) is 12.1. The molecule has 0 unspecified atom stereocenters. The summed E-state index contributed by atoms with van der Waals surface area (Å²) in [5.41, 5.74) is 2.92. The van der Waals surface area contributed by atoms with Gasteiger partial charge in [-0.3, -0.25) is 0 Å². The van der Waals surface area contributed by atoms with Crippen molar-refractivity contribution in [3.05, 3.63) is 34.9 Å².